The van der Waals surface area contributed by atoms with Crippen LogP contribution in [0.2, 0.25) is 0 Å². The molecule has 25 heavy (non-hydrogen) atoms. The molecule has 6 nitrogen and oxygen atoms in total. The lowest BCUT2D eigenvalue weighted by Crippen LogP contribution is -2.35. The van der Waals surface area contributed by atoms with Crippen LogP contribution in [0.4, 0.5) is 0 Å². The van der Waals surface area contributed by atoms with E-state index in [1.165, 1.54) is 5.56 Å². The Kier molecular flexibility index (Phi) is 4.61. The summed E-state index contributed by atoms with van der Waals surface area (Å²) in [7, 11) is 0. The van der Waals surface area contributed by atoms with E-state index in [4.69, 9.17) is 14.2 Å². The van der Waals surface area contributed by atoms with Crippen LogP contribution in [0.25, 0.3) is 11.3 Å². The zero-order valence-corrected chi connectivity index (χ0v) is 15.1. The van der Waals surface area contributed by atoms with Crippen LogP contribution in [-0.4, -0.2) is 34.9 Å². The van der Waals surface area contributed by atoms with E-state index in [2.05, 4.69) is 46.6 Å². The number of ether oxygens (including phenoxy) is 1. The van der Waals surface area contributed by atoms with E-state index in [0.29, 0.717) is 24.7 Å². The Balaban J connectivity index is 1.57. The van der Waals surface area contributed by atoms with Gasteiger partial charge < -0.3 is 14.6 Å². The number of hydrogen-bond donors (Lipinski definition) is 1. The van der Waals surface area contributed by atoms with Crippen LogP contribution in [0.3, 0.4) is 0 Å². The summed E-state index contributed by atoms with van der Waals surface area (Å²) in [4.78, 5) is 10.4. The van der Waals surface area contributed by atoms with Gasteiger partial charge in [-0.05, 0) is 13.8 Å². The Morgan fingerprint density at radius 1 is 1.20 bits per heavy atom. The molecule has 1 saturated heterocycles. The van der Waals surface area contributed by atoms with Gasteiger partial charge in [-0.3, -0.25) is 0 Å². The smallest absolute Gasteiger partial charge is 0.232 e. The van der Waals surface area contributed by atoms with E-state index in [9.17, 15) is 0 Å². The summed E-state index contributed by atoms with van der Waals surface area (Å²) in [5, 5.41) is 8.49. The molecule has 3 aromatic rings. The quantitative estimate of drug-likeness (QED) is 0.774. The van der Waals surface area contributed by atoms with Crippen molar-refractivity contribution in [2.75, 3.05) is 19.8 Å². The molecule has 1 aliphatic heterocycles. The minimum atomic E-state index is 0.00557. The van der Waals surface area contributed by atoms with E-state index in [-0.39, 0.29) is 6.04 Å². The summed E-state index contributed by atoms with van der Waals surface area (Å²) in [6.07, 6.45) is 0.593. The van der Waals surface area contributed by atoms with Gasteiger partial charge in [-0.15, -0.1) is 11.3 Å². The first kappa shape index (κ1) is 16.4. The van der Waals surface area contributed by atoms with Crippen LogP contribution in [-0.2, 0) is 11.2 Å². The Labute approximate surface area is 150 Å². The fraction of sp³-hybridized carbons (Fsp3) is 0.389. The third-order valence-corrected chi connectivity index (χ3v) is 5.13. The number of thiazole rings is 1. The number of nitrogens with zero attached hydrogens (tertiary/aromatic N) is 3. The van der Waals surface area contributed by atoms with Crippen molar-refractivity contribution >= 4 is 11.3 Å². The predicted octanol–water partition coefficient (Wildman–Crippen LogP) is 3.06. The van der Waals surface area contributed by atoms with Crippen LogP contribution in [0.15, 0.2) is 28.8 Å². The molecule has 0 amide bonds. The molecule has 0 aliphatic carbocycles. The fourth-order valence-corrected chi connectivity index (χ4v) is 3.83. The van der Waals surface area contributed by atoms with Crippen LogP contribution in [0.1, 0.15) is 33.2 Å². The molecule has 0 spiro atoms. The van der Waals surface area contributed by atoms with Gasteiger partial charge in [0.05, 0.1) is 36.4 Å². The first-order chi connectivity index (χ1) is 12.2. The Hall–Kier alpha value is -2.09. The standard InChI is InChI=1S/C18H20N4O2S/c1-11-3-5-13(6-4-11)17-15(25-12(2)20-17)9-16-21-18(22-24-16)14-10-23-8-7-19-14/h3-6,14,19H,7-10H2,1-2H3/t14-/m0/s1. The van der Waals surface area contributed by atoms with E-state index in [1.54, 1.807) is 11.3 Å². The van der Waals surface area contributed by atoms with Gasteiger partial charge >= 0.3 is 0 Å². The first-order valence-corrected chi connectivity index (χ1v) is 9.17. The van der Waals surface area contributed by atoms with Crippen molar-refractivity contribution in [1.29, 1.82) is 0 Å². The van der Waals surface area contributed by atoms with E-state index < -0.39 is 0 Å². The second-order valence-electron chi connectivity index (χ2n) is 6.18. The monoisotopic (exact) mass is 356 g/mol. The Morgan fingerprint density at radius 3 is 2.80 bits per heavy atom. The van der Waals surface area contributed by atoms with Crippen molar-refractivity contribution < 1.29 is 9.26 Å². The fourth-order valence-electron chi connectivity index (χ4n) is 2.88. The molecule has 0 radical (unpaired) electrons. The maximum Gasteiger partial charge on any atom is 0.232 e. The maximum atomic E-state index is 5.46. The summed E-state index contributed by atoms with van der Waals surface area (Å²) < 4.78 is 10.9. The SMILES string of the molecule is Cc1ccc(-c2nc(C)sc2Cc2nc([C@@H]3COCCN3)no2)cc1. The van der Waals surface area contributed by atoms with Crippen molar-refractivity contribution in [3.63, 3.8) is 0 Å². The minimum absolute atomic E-state index is 0.00557. The average Bonchev–Trinajstić information content (AvgIpc) is 3.23. The molecule has 7 heteroatoms. The number of nitrogens with one attached hydrogen (secondary N) is 1. The molecule has 0 bridgehead atoms. The summed E-state index contributed by atoms with van der Waals surface area (Å²) >= 11 is 1.67. The highest BCUT2D eigenvalue weighted by Gasteiger charge is 2.22. The van der Waals surface area contributed by atoms with Gasteiger partial charge in [0.25, 0.3) is 0 Å². The largest absolute Gasteiger partial charge is 0.378 e. The van der Waals surface area contributed by atoms with Gasteiger partial charge in [0.15, 0.2) is 5.82 Å². The number of aryl methyl sites for hydroxylation is 2. The zero-order chi connectivity index (χ0) is 17.2. The molecular formula is C18H20N4O2S. The van der Waals surface area contributed by atoms with Gasteiger partial charge in [-0.2, -0.15) is 4.98 Å². The summed E-state index contributed by atoms with van der Waals surface area (Å²) in [6, 6.07) is 8.43. The lowest BCUT2D eigenvalue weighted by Gasteiger charge is -2.20. The third kappa shape index (κ3) is 3.63. The zero-order valence-electron chi connectivity index (χ0n) is 14.3. The van der Waals surface area contributed by atoms with Gasteiger partial charge in [0.1, 0.15) is 0 Å². The second kappa shape index (κ2) is 7.03. The number of morpholine rings is 1. The van der Waals surface area contributed by atoms with Gasteiger partial charge in [0.2, 0.25) is 5.89 Å². The molecule has 1 aliphatic rings. The number of aromatic nitrogens is 3. The van der Waals surface area contributed by atoms with Crippen molar-refractivity contribution in [2.24, 2.45) is 0 Å². The Morgan fingerprint density at radius 2 is 2.04 bits per heavy atom. The predicted molar refractivity (Wildman–Crippen MR) is 95.7 cm³/mol. The van der Waals surface area contributed by atoms with E-state index in [0.717, 1.165) is 34.3 Å². The molecule has 130 valence electrons. The normalized spacial score (nSPS) is 17.8. The van der Waals surface area contributed by atoms with Gasteiger partial charge in [-0.25, -0.2) is 4.98 Å². The van der Waals surface area contributed by atoms with Crippen LogP contribution in [0, 0.1) is 13.8 Å². The van der Waals surface area contributed by atoms with Crippen LogP contribution in [0.5, 0.6) is 0 Å². The topological polar surface area (TPSA) is 73.1 Å². The lowest BCUT2D eigenvalue weighted by atomic mass is 10.1. The molecule has 0 saturated carbocycles. The minimum Gasteiger partial charge on any atom is -0.378 e. The Bertz CT molecular complexity index is 850. The molecule has 1 aromatic carbocycles. The third-order valence-electron chi connectivity index (χ3n) is 4.16. The van der Waals surface area contributed by atoms with Crippen LogP contribution >= 0.6 is 11.3 Å². The van der Waals surface area contributed by atoms with Crippen LogP contribution < -0.4 is 5.32 Å². The number of benzene rings is 1. The van der Waals surface area contributed by atoms with Crippen molar-refractivity contribution in [2.45, 2.75) is 26.3 Å². The average molecular weight is 356 g/mol. The highest BCUT2D eigenvalue weighted by Crippen LogP contribution is 2.30. The molecule has 1 atom stereocenters. The molecule has 1 fully saturated rings. The summed E-state index contributed by atoms with van der Waals surface area (Å²) in [5.41, 5.74) is 3.36. The highest BCUT2D eigenvalue weighted by atomic mass is 32.1. The maximum absolute atomic E-state index is 5.46. The number of hydrogen-bond acceptors (Lipinski definition) is 7. The van der Waals surface area contributed by atoms with Gasteiger partial charge in [0, 0.05) is 17.0 Å². The van der Waals surface area contributed by atoms with E-state index in [1.807, 2.05) is 6.92 Å². The highest BCUT2D eigenvalue weighted by molar-refractivity contribution is 7.12. The lowest BCUT2D eigenvalue weighted by molar-refractivity contribution is 0.0734. The first-order valence-electron chi connectivity index (χ1n) is 8.36. The molecule has 3 heterocycles. The molecular weight excluding hydrogens is 336 g/mol. The van der Waals surface area contributed by atoms with Crippen molar-refractivity contribution in [3.05, 3.63) is 51.4 Å². The number of rotatable bonds is 4. The van der Waals surface area contributed by atoms with Gasteiger partial charge in [-0.1, -0.05) is 35.0 Å². The second-order valence-corrected chi connectivity index (χ2v) is 7.46. The molecule has 4 rings (SSSR count). The molecule has 0 unspecified atom stereocenters. The van der Waals surface area contributed by atoms with Crippen molar-refractivity contribution in [3.8, 4) is 11.3 Å². The summed E-state index contributed by atoms with van der Waals surface area (Å²) in [6.45, 7) is 6.21. The van der Waals surface area contributed by atoms with E-state index >= 15 is 0 Å². The molecule has 1 N–H and O–H groups in total. The summed E-state index contributed by atoms with van der Waals surface area (Å²) in [5.74, 6) is 1.27. The molecule has 2 aromatic heterocycles. The van der Waals surface area contributed by atoms with Crippen molar-refractivity contribution in [1.82, 2.24) is 20.4 Å².